The number of benzene rings is 1. The van der Waals surface area contributed by atoms with Gasteiger partial charge in [-0.05, 0) is 37.3 Å². The van der Waals surface area contributed by atoms with Gasteiger partial charge in [-0.25, -0.2) is 0 Å². The molecule has 0 saturated heterocycles. The lowest BCUT2D eigenvalue weighted by Gasteiger charge is -2.01. The number of hydrogen-bond acceptors (Lipinski definition) is 0. The van der Waals surface area contributed by atoms with Crippen molar-refractivity contribution < 1.29 is 0 Å². The van der Waals surface area contributed by atoms with E-state index in [1.807, 2.05) is 0 Å². The van der Waals surface area contributed by atoms with Crippen LogP contribution in [0, 0.1) is 6.92 Å². The van der Waals surface area contributed by atoms with Crippen LogP contribution in [0.25, 0.3) is 0 Å². The van der Waals surface area contributed by atoms with E-state index in [4.69, 9.17) is 0 Å². The number of aryl methyl sites for hydroxylation is 1. The first kappa shape index (κ1) is 11.8. The largest absolute Gasteiger partial charge is 0.0928 e. The fourth-order valence-electron chi connectivity index (χ4n) is 1.48. The molecule has 1 aromatic rings. The monoisotopic (exact) mass is 253 g/mol. The summed E-state index contributed by atoms with van der Waals surface area (Å²) in [5.74, 6) is 0. The Bertz CT molecular complexity index is 238. The smallest absolute Gasteiger partial charge is 0.00313 e. The van der Waals surface area contributed by atoms with Gasteiger partial charge in [-0.15, -0.1) is 0 Å². The SMILES string of the molecule is [CH2]c1ccc(CCCCCCBr)cc1. The first-order valence-corrected chi connectivity index (χ1v) is 6.42. The average molecular weight is 254 g/mol. The van der Waals surface area contributed by atoms with Gasteiger partial charge in [0.1, 0.15) is 0 Å². The van der Waals surface area contributed by atoms with Crippen molar-refractivity contribution in [2.75, 3.05) is 5.33 Å². The van der Waals surface area contributed by atoms with E-state index < -0.39 is 0 Å². The first-order valence-electron chi connectivity index (χ1n) is 5.30. The molecule has 0 atom stereocenters. The summed E-state index contributed by atoms with van der Waals surface area (Å²) in [4.78, 5) is 0. The van der Waals surface area contributed by atoms with Gasteiger partial charge in [0.2, 0.25) is 0 Å². The van der Waals surface area contributed by atoms with Crippen molar-refractivity contribution in [3.05, 3.63) is 42.3 Å². The molecule has 0 heterocycles. The van der Waals surface area contributed by atoms with Crippen molar-refractivity contribution in [3.8, 4) is 0 Å². The molecule has 0 N–H and O–H groups in total. The van der Waals surface area contributed by atoms with E-state index in [1.54, 1.807) is 0 Å². The molecule has 0 aliphatic carbocycles. The van der Waals surface area contributed by atoms with E-state index in [1.165, 1.54) is 37.7 Å². The van der Waals surface area contributed by atoms with E-state index in [0.29, 0.717) is 0 Å². The summed E-state index contributed by atoms with van der Waals surface area (Å²) in [6.45, 7) is 3.88. The minimum atomic E-state index is 1.10. The van der Waals surface area contributed by atoms with E-state index in [9.17, 15) is 0 Å². The first-order chi connectivity index (χ1) is 6.83. The molecule has 0 amide bonds. The predicted octanol–water partition coefficient (Wildman–Crippen LogP) is 4.37. The minimum absolute atomic E-state index is 1.10. The third kappa shape index (κ3) is 4.80. The molecular formula is C13H18Br. The molecule has 1 rings (SSSR count). The second-order valence-electron chi connectivity index (χ2n) is 3.67. The van der Waals surface area contributed by atoms with Crippen LogP contribution in [0.2, 0.25) is 0 Å². The van der Waals surface area contributed by atoms with Gasteiger partial charge >= 0.3 is 0 Å². The van der Waals surface area contributed by atoms with Crippen molar-refractivity contribution in [2.24, 2.45) is 0 Å². The molecule has 0 spiro atoms. The summed E-state index contributed by atoms with van der Waals surface area (Å²) in [6.07, 6.45) is 6.51. The van der Waals surface area contributed by atoms with Gasteiger partial charge in [0.25, 0.3) is 0 Å². The van der Waals surface area contributed by atoms with Gasteiger partial charge in [-0.3, -0.25) is 0 Å². The molecule has 0 aliphatic heterocycles. The Morgan fingerprint density at radius 2 is 1.57 bits per heavy atom. The van der Waals surface area contributed by atoms with Crippen LogP contribution in [-0.2, 0) is 6.42 Å². The molecule has 0 aliphatic rings. The van der Waals surface area contributed by atoms with E-state index in [2.05, 4.69) is 47.1 Å². The molecule has 0 bridgehead atoms. The molecule has 0 aromatic heterocycles. The van der Waals surface area contributed by atoms with E-state index >= 15 is 0 Å². The minimum Gasteiger partial charge on any atom is -0.0928 e. The van der Waals surface area contributed by atoms with Crippen LogP contribution in [0.1, 0.15) is 36.8 Å². The summed E-state index contributed by atoms with van der Waals surface area (Å²) in [5.41, 5.74) is 2.55. The second-order valence-corrected chi connectivity index (χ2v) is 4.46. The Morgan fingerprint density at radius 3 is 2.21 bits per heavy atom. The molecule has 14 heavy (non-hydrogen) atoms. The summed E-state index contributed by atoms with van der Waals surface area (Å²) in [7, 11) is 0. The zero-order valence-electron chi connectivity index (χ0n) is 8.64. The predicted molar refractivity (Wildman–Crippen MR) is 66.9 cm³/mol. The van der Waals surface area contributed by atoms with Crippen LogP contribution in [-0.4, -0.2) is 5.33 Å². The third-order valence-electron chi connectivity index (χ3n) is 2.37. The van der Waals surface area contributed by atoms with Gasteiger partial charge in [0, 0.05) is 5.33 Å². The van der Waals surface area contributed by atoms with Crippen LogP contribution in [0.3, 0.4) is 0 Å². The summed E-state index contributed by atoms with van der Waals surface area (Å²) in [6, 6.07) is 8.56. The fraction of sp³-hybridized carbons (Fsp3) is 0.462. The quantitative estimate of drug-likeness (QED) is 0.522. The Morgan fingerprint density at radius 1 is 0.929 bits per heavy atom. The molecule has 1 radical (unpaired) electrons. The van der Waals surface area contributed by atoms with Crippen molar-refractivity contribution >= 4 is 15.9 Å². The number of hydrogen-bond donors (Lipinski definition) is 0. The fourth-order valence-corrected chi connectivity index (χ4v) is 1.88. The molecule has 77 valence electrons. The van der Waals surface area contributed by atoms with E-state index in [-0.39, 0.29) is 0 Å². The van der Waals surface area contributed by atoms with Crippen molar-refractivity contribution in [1.29, 1.82) is 0 Å². The lowest BCUT2D eigenvalue weighted by atomic mass is 10.1. The molecule has 0 unspecified atom stereocenters. The highest BCUT2D eigenvalue weighted by Crippen LogP contribution is 2.09. The lowest BCUT2D eigenvalue weighted by molar-refractivity contribution is 0.671. The molecule has 0 fully saturated rings. The Labute approximate surface area is 95.9 Å². The maximum Gasteiger partial charge on any atom is 0.00313 e. The number of rotatable bonds is 6. The van der Waals surface area contributed by atoms with Crippen LogP contribution >= 0.6 is 15.9 Å². The third-order valence-corrected chi connectivity index (χ3v) is 2.93. The average Bonchev–Trinajstić information content (AvgIpc) is 2.21. The molecule has 0 nitrogen and oxygen atoms in total. The Balaban J connectivity index is 2.15. The molecule has 1 aromatic carbocycles. The summed E-state index contributed by atoms with van der Waals surface area (Å²) < 4.78 is 0. The van der Waals surface area contributed by atoms with Gasteiger partial charge in [-0.2, -0.15) is 0 Å². The Kier molecular flexibility index (Phi) is 5.93. The van der Waals surface area contributed by atoms with Gasteiger partial charge in [0.05, 0.1) is 0 Å². The van der Waals surface area contributed by atoms with Crippen molar-refractivity contribution in [3.63, 3.8) is 0 Å². The van der Waals surface area contributed by atoms with Crippen LogP contribution in [0.5, 0.6) is 0 Å². The zero-order chi connectivity index (χ0) is 10.2. The summed E-state index contributed by atoms with van der Waals surface area (Å²) in [5, 5.41) is 1.14. The number of alkyl halides is 1. The topological polar surface area (TPSA) is 0 Å². The Hall–Kier alpha value is -0.300. The van der Waals surface area contributed by atoms with Gasteiger partial charge in [0.15, 0.2) is 0 Å². The van der Waals surface area contributed by atoms with Gasteiger partial charge < -0.3 is 0 Å². The molecular weight excluding hydrogens is 236 g/mol. The van der Waals surface area contributed by atoms with Crippen LogP contribution in [0.15, 0.2) is 24.3 Å². The van der Waals surface area contributed by atoms with E-state index in [0.717, 1.165) is 10.9 Å². The van der Waals surface area contributed by atoms with Crippen molar-refractivity contribution in [1.82, 2.24) is 0 Å². The summed E-state index contributed by atoms with van der Waals surface area (Å²) >= 11 is 3.45. The van der Waals surface area contributed by atoms with Crippen molar-refractivity contribution in [2.45, 2.75) is 32.1 Å². The second kappa shape index (κ2) is 7.05. The molecule has 1 heteroatoms. The maximum atomic E-state index is 3.88. The number of unbranched alkanes of at least 4 members (excludes halogenated alkanes) is 3. The van der Waals surface area contributed by atoms with Crippen LogP contribution in [0.4, 0.5) is 0 Å². The maximum absolute atomic E-state index is 3.88. The molecule has 0 saturated carbocycles. The zero-order valence-corrected chi connectivity index (χ0v) is 10.2. The van der Waals surface area contributed by atoms with Gasteiger partial charge in [-0.1, -0.05) is 53.0 Å². The highest BCUT2D eigenvalue weighted by molar-refractivity contribution is 9.09. The lowest BCUT2D eigenvalue weighted by Crippen LogP contribution is -1.86. The van der Waals surface area contributed by atoms with Crippen LogP contribution < -0.4 is 0 Å². The normalized spacial score (nSPS) is 10.4. The highest BCUT2D eigenvalue weighted by atomic mass is 79.9. The standard InChI is InChI=1S/C13H18Br/c1-12-7-9-13(10-8-12)6-4-2-3-5-11-14/h7-10H,1-6,11H2. The highest BCUT2D eigenvalue weighted by Gasteiger charge is 1.93. The number of halogens is 1.